The lowest BCUT2D eigenvalue weighted by molar-refractivity contribution is -0.00916. The average molecular weight is 365 g/mol. The summed E-state index contributed by atoms with van der Waals surface area (Å²) < 4.78 is 6.77. The van der Waals surface area contributed by atoms with Crippen LogP contribution in [0.3, 0.4) is 0 Å². The second kappa shape index (κ2) is 7.28. The van der Waals surface area contributed by atoms with Gasteiger partial charge in [-0.05, 0) is 62.1 Å². The molecule has 1 aromatic heterocycles. The highest BCUT2D eigenvalue weighted by Crippen LogP contribution is 2.44. The summed E-state index contributed by atoms with van der Waals surface area (Å²) in [6.07, 6.45) is 8.92. The van der Waals surface area contributed by atoms with Gasteiger partial charge in [-0.3, -0.25) is 0 Å². The third-order valence-corrected chi connectivity index (χ3v) is 7.10. The van der Waals surface area contributed by atoms with Crippen LogP contribution in [0, 0.1) is 5.41 Å². The van der Waals surface area contributed by atoms with Crippen molar-refractivity contribution in [1.29, 1.82) is 0 Å². The summed E-state index contributed by atoms with van der Waals surface area (Å²) >= 11 is 7.83. The number of thiazole rings is 1. The van der Waals surface area contributed by atoms with Gasteiger partial charge in [0, 0.05) is 37.2 Å². The van der Waals surface area contributed by atoms with Crippen LogP contribution < -0.4 is 5.32 Å². The fourth-order valence-electron chi connectivity index (χ4n) is 4.18. The van der Waals surface area contributed by atoms with E-state index in [1.807, 2.05) is 12.1 Å². The average Bonchev–Trinajstić information content (AvgIpc) is 2.99. The minimum absolute atomic E-state index is 0.600. The van der Waals surface area contributed by atoms with Gasteiger partial charge in [-0.1, -0.05) is 11.6 Å². The molecular weight excluding hydrogens is 340 g/mol. The van der Waals surface area contributed by atoms with Crippen LogP contribution in [0.25, 0.3) is 10.2 Å². The first-order valence-corrected chi connectivity index (χ1v) is 10.3. The Morgan fingerprint density at radius 1 is 1.21 bits per heavy atom. The van der Waals surface area contributed by atoms with Crippen molar-refractivity contribution in [1.82, 2.24) is 10.3 Å². The van der Waals surface area contributed by atoms with E-state index >= 15 is 0 Å². The molecule has 130 valence electrons. The Kier molecular flexibility index (Phi) is 5.09. The Balaban J connectivity index is 1.25. The molecule has 1 saturated carbocycles. The highest BCUT2D eigenvalue weighted by molar-refractivity contribution is 7.18. The van der Waals surface area contributed by atoms with Crippen LogP contribution in [-0.2, 0) is 11.2 Å². The molecule has 4 rings (SSSR count). The Morgan fingerprint density at radius 2 is 2.00 bits per heavy atom. The Morgan fingerprint density at radius 3 is 2.79 bits per heavy atom. The van der Waals surface area contributed by atoms with Crippen LogP contribution >= 0.6 is 22.9 Å². The van der Waals surface area contributed by atoms with Crippen molar-refractivity contribution >= 4 is 33.2 Å². The lowest BCUT2D eigenvalue weighted by Gasteiger charge is -2.43. The first-order valence-electron chi connectivity index (χ1n) is 9.09. The molecule has 1 aromatic carbocycles. The number of rotatable bonds is 4. The second-order valence-corrected chi connectivity index (χ2v) is 8.86. The molecule has 0 radical (unpaired) electrons. The topological polar surface area (TPSA) is 34.1 Å². The van der Waals surface area contributed by atoms with Crippen LogP contribution in [0.1, 0.15) is 43.5 Å². The zero-order valence-corrected chi connectivity index (χ0v) is 15.6. The molecule has 2 heterocycles. The van der Waals surface area contributed by atoms with Crippen molar-refractivity contribution in [3.63, 3.8) is 0 Å². The monoisotopic (exact) mass is 364 g/mol. The van der Waals surface area contributed by atoms with Crippen molar-refractivity contribution in [2.24, 2.45) is 5.41 Å². The predicted octanol–water partition coefficient (Wildman–Crippen LogP) is 4.82. The van der Waals surface area contributed by atoms with Crippen LogP contribution in [-0.4, -0.2) is 30.8 Å². The van der Waals surface area contributed by atoms with E-state index in [9.17, 15) is 0 Å². The molecule has 1 saturated heterocycles. The summed E-state index contributed by atoms with van der Waals surface area (Å²) in [5.41, 5.74) is 1.63. The molecule has 2 aromatic rings. The molecule has 0 unspecified atom stereocenters. The molecule has 1 aliphatic carbocycles. The van der Waals surface area contributed by atoms with E-state index in [1.165, 1.54) is 48.2 Å². The molecule has 2 fully saturated rings. The van der Waals surface area contributed by atoms with E-state index in [4.69, 9.17) is 21.3 Å². The lowest BCUT2D eigenvalue weighted by atomic mass is 9.68. The smallest absolute Gasteiger partial charge is 0.0951 e. The Hall–Kier alpha value is -0.680. The van der Waals surface area contributed by atoms with Gasteiger partial charge < -0.3 is 10.1 Å². The van der Waals surface area contributed by atoms with Crippen molar-refractivity contribution in [3.05, 3.63) is 28.2 Å². The number of ether oxygens (including phenoxy) is 1. The van der Waals surface area contributed by atoms with Gasteiger partial charge in [0.15, 0.2) is 0 Å². The molecule has 0 bridgehead atoms. The molecule has 1 spiro atoms. The number of halogens is 1. The van der Waals surface area contributed by atoms with Gasteiger partial charge in [-0.2, -0.15) is 0 Å². The van der Waals surface area contributed by atoms with E-state index in [0.717, 1.165) is 36.7 Å². The lowest BCUT2D eigenvalue weighted by Crippen LogP contribution is -2.40. The molecule has 1 N–H and O–H groups in total. The molecule has 0 amide bonds. The molecule has 0 atom stereocenters. The first-order chi connectivity index (χ1) is 11.7. The number of hydrogen-bond acceptors (Lipinski definition) is 4. The zero-order valence-electron chi connectivity index (χ0n) is 14.0. The predicted molar refractivity (Wildman–Crippen MR) is 101 cm³/mol. The minimum Gasteiger partial charge on any atom is -0.381 e. The number of fused-ring (bicyclic) bond motifs is 1. The molecule has 5 heteroatoms. The van der Waals surface area contributed by atoms with E-state index in [2.05, 4.69) is 11.4 Å². The Bertz CT molecular complexity index is 686. The van der Waals surface area contributed by atoms with Crippen molar-refractivity contribution in [3.8, 4) is 0 Å². The summed E-state index contributed by atoms with van der Waals surface area (Å²) in [6.45, 7) is 2.97. The van der Waals surface area contributed by atoms with Gasteiger partial charge in [0.2, 0.25) is 0 Å². The maximum absolute atomic E-state index is 6.04. The van der Waals surface area contributed by atoms with E-state index < -0.39 is 0 Å². The van der Waals surface area contributed by atoms with E-state index in [1.54, 1.807) is 11.3 Å². The van der Waals surface area contributed by atoms with Gasteiger partial charge in [0.05, 0.1) is 15.2 Å². The molecule has 2 aliphatic rings. The van der Waals surface area contributed by atoms with E-state index in [0.29, 0.717) is 11.5 Å². The molecular formula is C19H25ClN2OS. The standard InChI is InChI=1S/C19H25ClN2OS/c20-14-1-2-17-16(13-14)22-18(24-17)5-10-21-15-3-6-19(7-4-15)8-11-23-12-9-19/h1-2,13,15,21H,3-12H2. The largest absolute Gasteiger partial charge is 0.381 e. The van der Waals surface area contributed by atoms with E-state index in [-0.39, 0.29) is 0 Å². The highest BCUT2D eigenvalue weighted by atomic mass is 35.5. The first kappa shape index (κ1) is 16.8. The number of nitrogens with zero attached hydrogens (tertiary/aromatic N) is 1. The van der Waals surface area contributed by atoms with Crippen LogP contribution in [0.4, 0.5) is 0 Å². The normalized spacial score (nSPS) is 21.5. The maximum atomic E-state index is 6.04. The second-order valence-electron chi connectivity index (χ2n) is 7.31. The summed E-state index contributed by atoms with van der Waals surface area (Å²) in [4.78, 5) is 4.70. The number of nitrogens with one attached hydrogen (secondary N) is 1. The van der Waals surface area contributed by atoms with Gasteiger partial charge in [0.1, 0.15) is 0 Å². The van der Waals surface area contributed by atoms with Gasteiger partial charge in [0.25, 0.3) is 0 Å². The van der Waals surface area contributed by atoms with Crippen LogP contribution in [0.2, 0.25) is 5.02 Å². The fraction of sp³-hybridized carbons (Fsp3) is 0.632. The third-order valence-electron chi connectivity index (χ3n) is 5.77. The van der Waals surface area contributed by atoms with Gasteiger partial charge in [-0.15, -0.1) is 11.3 Å². The molecule has 1 aliphatic heterocycles. The highest BCUT2D eigenvalue weighted by Gasteiger charge is 2.36. The summed E-state index contributed by atoms with van der Waals surface area (Å²) in [7, 11) is 0. The van der Waals surface area contributed by atoms with Crippen LogP contribution in [0.5, 0.6) is 0 Å². The number of benzene rings is 1. The zero-order chi connectivity index (χ0) is 16.4. The van der Waals surface area contributed by atoms with Crippen molar-refractivity contribution in [2.75, 3.05) is 19.8 Å². The number of hydrogen-bond donors (Lipinski definition) is 1. The fourth-order valence-corrected chi connectivity index (χ4v) is 5.29. The van der Waals surface area contributed by atoms with Crippen LogP contribution in [0.15, 0.2) is 18.2 Å². The van der Waals surface area contributed by atoms with Gasteiger partial charge >= 0.3 is 0 Å². The molecule has 3 nitrogen and oxygen atoms in total. The minimum atomic E-state index is 0.600. The van der Waals surface area contributed by atoms with Crippen molar-refractivity contribution < 1.29 is 4.74 Å². The third kappa shape index (κ3) is 3.77. The summed E-state index contributed by atoms with van der Waals surface area (Å²) in [5.74, 6) is 0. The molecule has 24 heavy (non-hydrogen) atoms. The summed E-state index contributed by atoms with van der Waals surface area (Å²) in [6, 6.07) is 6.65. The number of aromatic nitrogens is 1. The van der Waals surface area contributed by atoms with Gasteiger partial charge in [-0.25, -0.2) is 4.98 Å². The SMILES string of the molecule is Clc1ccc2sc(CCNC3CCC4(CCOCC4)CC3)nc2c1. The van der Waals surface area contributed by atoms with Crippen molar-refractivity contribution in [2.45, 2.75) is 51.0 Å². The maximum Gasteiger partial charge on any atom is 0.0951 e. The Labute approximate surface area is 152 Å². The quantitative estimate of drug-likeness (QED) is 0.844. The summed E-state index contributed by atoms with van der Waals surface area (Å²) in [5, 5.41) is 5.73.